The molecule has 140 valence electrons. The first-order valence-corrected chi connectivity index (χ1v) is 10.00. The molecule has 0 spiro atoms. The Kier molecular flexibility index (Phi) is 5.40. The minimum atomic E-state index is -0.341. The average molecular weight is 374 g/mol. The third-order valence-corrected chi connectivity index (χ3v) is 6.55. The first kappa shape index (κ1) is 18.9. The van der Waals surface area contributed by atoms with E-state index >= 15 is 0 Å². The zero-order valence-corrected chi connectivity index (χ0v) is 16.8. The molecular formula is C20H27N3O2S. The lowest BCUT2D eigenvalue weighted by atomic mass is 9.99. The third kappa shape index (κ3) is 4.11. The van der Waals surface area contributed by atoms with Crippen LogP contribution in [0.4, 0.5) is 0 Å². The van der Waals surface area contributed by atoms with Crippen molar-refractivity contribution in [3.63, 3.8) is 0 Å². The summed E-state index contributed by atoms with van der Waals surface area (Å²) in [5, 5.41) is 3.04. The summed E-state index contributed by atoms with van der Waals surface area (Å²) in [6, 6.07) is 2.07. The van der Waals surface area contributed by atoms with Crippen LogP contribution >= 0.6 is 11.3 Å². The standard InChI is InChI=1S/C20H27N3O2S/c1-20(2,22(3)4)10-9-18(24)23-12-15(13-23)21-19(25)17-11-14-7-5-6-8-16(14)26-17/h11,15H,5-8,12-13H2,1-4H3,(H,21,25). The van der Waals surface area contributed by atoms with Crippen LogP contribution < -0.4 is 5.32 Å². The van der Waals surface area contributed by atoms with Gasteiger partial charge in [0.15, 0.2) is 0 Å². The van der Waals surface area contributed by atoms with E-state index in [1.807, 2.05) is 38.9 Å². The predicted molar refractivity (Wildman–Crippen MR) is 104 cm³/mol. The topological polar surface area (TPSA) is 52.7 Å². The molecule has 6 heteroatoms. The van der Waals surface area contributed by atoms with Crippen molar-refractivity contribution < 1.29 is 9.59 Å². The van der Waals surface area contributed by atoms with Crippen LogP contribution in [-0.4, -0.2) is 60.4 Å². The molecule has 0 bridgehead atoms. The molecule has 1 fully saturated rings. The summed E-state index contributed by atoms with van der Waals surface area (Å²) >= 11 is 1.62. The van der Waals surface area contributed by atoms with Gasteiger partial charge in [0.1, 0.15) is 0 Å². The normalized spacial score (nSPS) is 17.2. The molecule has 2 amide bonds. The number of thiophene rings is 1. The zero-order chi connectivity index (χ0) is 18.9. The lowest BCUT2D eigenvalue weighted by molar-refractivity contribution is -0.129. The van der Waals surface area contributed by atoms with E-state index in [0.29, 0.717) is 13.1 Å². The molecule has 2 heterocycles. The van der Waals surface area contributed by atoms with Gasteiger partial charge in [-0.3, -0.25) is 14.5 Å². The molecule has 0 aromatic carbocycles. The van der Waals surface area contributed by atoms with Crippen LogP contribution in [0, 0.1) is 11.8 Å². The van der Waals surface area contributed by atoms with Crippen LogP contribution in [0.5, 0.6) is 0 Å². The molecule has 1 aromatic heterocycles. The van der Waals surface area contributed by atoms with E-state index in [4.69, 9.17) is 0 Å². The number of carbonyl (C=O) groups is 2. The van der Waals surface area contributed by atoms with E-state index in [2.05, 4.69) is 17.2 Å². The van der Waals surface area contributed by atoms with Gasteiger partial charge in [0.25, 0.3) is 11.8 Å². The molecule has 2 aliphatic rings. The van der Waals surface area contributed by atoms with Gasteiger partial charge < -0.3 is 10.2 Å². The van der Waals surface area contributed by atoms with Crippen LogP contribution in [0.2, 0.25) is 0 Å². The number of hydrogen-bond donors (Lipinski definition) is 1. The van der Waals surface area contributed by atoms with Crippen molar-refractivity contribution in [3.05, 3.63) is 21.4 Å². The highest BCUT2D eigenvalue weighted by molar-refractivity contribution is 7.14. The maximum absolute atomic E-state index is 12.4. The van der Waals surface area contributed by atoms with Gasteiger partial charge in [0.05, 0.1) is 16.5 Å². The van der Waals surface area contributed by atoms with Crippen molar-refractivity contribution in [2.45, 2.75) is 51.1 Å². The fourth-order valence-electron chi connectivity index (χ4n) is 2.99. The maximum Gasteiger partial charge on any atom is 0.298 e. The largest absolute Gasteiger partial charge is 0.345 e. The first-order chi connectivity index (χ1) is 12.3. The molecule has 0 unspecified atom stereocenters. The highest BCUT2D eigenvalue weighted by Gasteiger charge is 2.32. The Morgan fingerprint density at radius 2 is 1.96 bits per heavy atom. The lowest BCUT2D eigenvalue weighted by Crippen LogP contribution is -2.60. The molecule has 0 radical (unpaired) electrons. The monoisotopic (exact) mass is 373 g/mol. The van der Waals surface area contributed by atoms with Gasteiger partial charge in [-0.25, -0.2) is 0 Å². The van der Waals surface area contributed by atoms with Crippen molar-refractivity contribution in [1.82, 2.24) is 15.1 Å². The number of amides is 2. The van der Waals surface area contributed by atoms with Gasteiger partial charge in [0.2, 0.25) is 0 Å². The number of fused-ring (bicyclic) bond motifs is 1. The Hall–Kier alpha value is -1.84. The van der Waals surface area contributed by atoms with Gasteiger partial charge in [-0.1, -0.05) is 5.92 Å². The number of carbonyl (C=O) groups excluding carboxylic acids is 2. The van der Waals surface area contributed by atoms with E-state index in [1.54, 1.807) is 16.2 Å². The fourth-order valence-corrected chi connectivity index (χ4v) is 4.15. The second-order valence-electron chi connectivity index (χ2n) is 7.85. The van der Waals surface area contributed by atoms with E-state index in [9.17, 15) is 9.59 Å². The van der Waals surface area contributed by atoms with Gasteiger partial charge in [0, 0.05) is 18.0 Å². The van der Waals surface area contributed by atoms with Crippen LogP contribution in [0.25, 0.3) is 0 Å². The van der Waals surface area contributed by atoms with E-state index in [0.717, 1.165) is 17.7 Å². The third-order valence-electron chi connectivity index (χ3n) is 5.32. The number of nitrogens with zero attached hydrogens (tertiary/aromatic N) is 2. The lowest BCUT2D eigenvalue weighted by Gasteiger charge is -2.38. The Bertz CT molecular complexity index is 740. The van der Waals surface area contributed by atoms with Gasteiger partial charge in [-0.05, 0) is 71.2 Å². The van der Waals surface area contributed by atoms with Crippen LogP contribution in [0.15, 0.2) is 6.07 Å². The average Bonchev–Trinajstić information content (AvgIpc) is 2.99. The smallest absolute Gasteiger partial charge is 0.298 e. The van der Waals surface area contributed by atoms with E-state index in [-0.39, 0.29) is 23.4 Å². The Labute approximate surface area is 159 Å². The molecule has 1 saturated heterocycles. The summed E-state index contributed by atoms with van der Waals surface area (Å²) in [6.45, 7) is 5.03. The molecule has 1 aromatic rings. The molecule has 0 atom stereocenters. The van der Waals surface area contributed by atoms with E-state index < -0.39 is 0 Å². The quantitative estimate of drug-likeness (QED) is 0.824. The van der Waals surface area contributed by atoms with Crippen molar-refractivity contribution >= 4 is 23.2 Å². The summed E-state index contributed by atoms with van der Waals surface area (Å²) in [6.07, 6.45) is 4.63. The minimum absolute atomic E-state index is 0.0127. The predicted octanol–water partition coefficient (Wildman–Crippen LogP) is 1.91. The second-order valence-corrected chi connectivity index (χ2v) is 8.99. The number of nitrogens with one attached hydrogen (secondary N) is 1. The second kappa shape index (κ2) is 7.42. The number of aryl methyl sites for hydroxylation is 2. The molecule has 0 saturated carbocycles. The Balaban J connectivity index is 1.49. The highest BCUT2D eigenvalue weighted by atomic mass is 32.1. The molecule has 3 rings (SSSR count). The molecule has 1 N–H and O–H groups in total. The summed E-state index contributed by atoms with van der Waals surface area (Å²) in [7, 11) is 3.88. The molecular weight excluding hydrogens is 346 g/mol. The summed E-state index contributed by atoms with van der Waals surface area (Å²) in [5.41, 5.74) is 1.00. The summed E-state index contributed by atoms with van der Waals surface area (Å²) in [5.74, 6) is 5.56. The Morgan fingerprint density at radius 3 is 2.62 bits per heavy atom. The molecule has 5 nitrogen and oxygen atoms in total. The van der Waals surface area contributed by atoms with Crippen molar-refractivity contribution in [1.29, 1.82) is 0 Å². The van der Waals surface area contributed by atoms with Crippen molar-refractivity contribution in [3.8, 4) is 11.8 Å². The van der Waals surface area contributed by atoms with E-state index in [1.165, 1.54) is 23.3 Å². The van der Waals surface area contributed by atoms with Crippen LogP contribution in [-0.2, 0) is 17.6 Å². The highest BCUT2D eigenvalue weighted by Crippen LogP contribution is 2.29. The van der Waals surface area contributed by atoms with Gasteiger partial charge >= 0.3 is 0 Å². The van der Waals surface area contributed by atoms with Crippen LogP contribution in [0.3, 0.4) is 0 Å². The van der Waals surface area contributed by atoms with Crippen LogP contribution in [0.1, 0.15) is 46.8 Å². The van der Waals surface area contributed by atoms with Gasteiger partial charge in [-0.2, -0.15) is 0 Å². The first-order valence-electron chi connectivity index (χ1n) is 9.18. The summed E-state index contributed by atoms with van der Waals surface area (Å²) < 4.78 is 0. The van der Waals surface area contributed by atoms with Crippen molar-refractivity contribution in [2.75, 3.05) is 27.2 Å². The number of likely N-dealkylation sites (tertiary alicyclic amines) is 1. The zero-order valence-electron chi connectivity index (χ0n) is 16.0. The fraction of sp³-hybridized carbons (Fsp3) is 0.600. The SMILES string of the molecule is CN(C)C(C)(C)C#CC(=O)N1CC(NC(=O)c2cc3c(s2)CCCC3)C1. The number of hydrogen-bond acceptors (Lipinski definition) is 4. The molecule has 1 aliphatic carbocycles. The minimum Gasteiger partial charge on any atom is -0.345 e. The molecule has 26 heavy (non-hydrogen) atoms. The van der Waals surface area contributed by atoms with Crippen molar-refractivity contribution in [2.24, 2.45) is 0 Å². The van der Waals surface area contributed by atoms with Gasteiger partial charge in [-0.15, -0.1) is 11.3 Å². The number of rotatable bonds is 3. The Morgan fingerprint density at radius 1 is 1.27 bits per heavy atom. The maximum atomic E-state index is 12.4. The summed E-state index contributed by atoms with van der Waals surface area (Å²) in [4.78, 5) is 30.4. The molecule has 1 aliphatic heterocycles.